The zero-order valence-electron chi connectivity index (χ0n) is 3.01. The Morgan fingerprint density at radius 1 is 2.00 bits per heavy atom. The lowest BCUT2D eigenvalue weighted by atomic mass is 10.9. The molecular weight excluding hydrogens is 68.0 g/mol. The van der Waals surface area contributed by atoms with E-state index in [2.05, 4.69) is 10.1 Å². The highest BCUT2D eigenvalue weighted by atomic mass is 16.6. The van der Waals surface area contributed by atoms with Gasteiger partial charge < -0.3 is 10.4 Å². The summed E-state index contributed by atoms with van der Waals surface area (Å²) in [6.07, 6.45) is 0. The Morgan fingerprint density at radius 2 is 2.60 bits per heavy atom. The molecule has 3 nitrogen and oxygen atoms in total. The van der Waals surface area contributed by atoms with E-state index in [1.54, 1.807) is 6.92 Å². The van der Waals surface area contributed by atoms with Gasteiger partial charge in [0.2, 0.25) is 0 Å². The minimum Gasteiger partial charge on any atom is -0.670 e. The molecule has 0 aromatic rings. The molecule has 0 aromatic heterocycles. The summed E-state index contributed by atoms with van der Waals surface area (Å²) in [5, 5.41) is 2.35. The minimum absolute atomic E-state index is 0.427. The SMILES string of the molecule is CCON=[N-]. The van der Waals surface area contributed by atoms with E-state index in [0.717, 1.165) is 0 Å². The van der Waals surface area contributed by atoms with Crippen LogP contribution in [0.3, 0.4) is 0 Å². The highest BCUT2D eigenvalue weighted by Crippen LogP contribution is 1.66. The summed E-state index contributed by atoms with van der Waals surface area (Å²) in [7, 11) is 0. The van der Waals surface area contributed by atoms with Gasteiger partial charge in [-0.2, -0.15) is 0 Å². The molecule has 0 unspecified atom stereocenters. The molecule has 0 atom stereocenters. The van der Waals surface area contributed by atoms with Gasteiger partial charge in [0.05, 0.1) is 0 Å². The molecule has 0 bridgehead atoms. The summed E-state index contributed by atoms with van der Waals surface area (Å²) in [5.41, 5.74) is 7.47. The van der Waals surface area contributed by atoms with Gasteiger partial charge in [0.25, 0.3) is 0 Å². The van der Waals surface area contributed by atoms with Gasteiger partial charge in [-0.25, -0.2) is 5.28 Å². The Kier molecular flexibility index (Phi) is 2.99. The van der Waals surface area contributed by atoms with E-state index in [-0.39, 0.29) is 0 Å². The minimum atomic E-state index is 0.427. The number of hydrogen-bond acceptors (Lipinski definition) is 2. The van der Waals surface area contributed by atoms with Gasteiger partial charge in [0.15, 0.2) is 0 Å². The summed E-state index contributed by atoms with van der Waals surface area (Å²) >= 11 is 0. The fourth-order valence-corrected chi connectivity index (χ4v) is 0.0577. The first kappa shape index (κ1) is 4.40. The summed E-state index contributed by atoms with van der Waals surface area (Å²) < 4.78 is 0. The Bertz CT molecular complexity index is 28.8. The molecule has 0 heterocycles. The van der Waals surface area contributed by atoms with Crippen LogP contribution in [0.15, 0.2) is 5.28 Å². The average Bonchev–Trinajstić information content (AvgIpc) is 1.41. The Labute approximate surface area is 30.4 Å². The van der Waals surface area contributed by atoms with Crippen molar-refractivity contribution in [1.82, 2.24) is 0 Å². The summed E-state index contributed by atoms with van der Waals surface area (Å²) in [4.78, 5) is 4.01. The molecule has 0 N–H and O–H groups in total. The van der Waals surface area contributed by atoms with Crippen LogP contribution in [0.1, 0.15) is 6.92 Å². The van der Waals surface area contributed by atoms with Crippen LogP contribution in [0.5, 0.6) is 0 Å². The Morgan fingerprint density at radius 3 is 2.60 bits per heavy atom. The van der Waals surface area contributed by atoms with E-state index in [1.165, 1.54) is 0 Å². The molecule has 0 saturated carbocycles. The van der Waals surface area contributed by atoms with Crippen molar-refractivity contribution < 1.29 is 4.84 Å². The lowest BCUT2D eigenvalue weighted by Crippen LogP contribution is -1.71. The molecule has 0 aromatic carbocycles. The maximum atomic E-state index is 7.47. The van der Waals surface area contributed by atoms with Gasteiger partial charge in [0.1, 0.15) is 6.61 Å². The van der Waals surface area contributed by atoms with Crippen LogP contribution < -0.4 is 0 Å². The van der Waals surface area contributed by atoms with Crippen LogP contribution in [0, 0.1) is 0 Å². The molecule has 5 heavy (non-hydrogen) atoms. The van der Waals surface area contributed by atoms with Crippen molar-refractivity contribution in [2.24, 2.45) is 5.28 Å². The predicted octanol–water partition coefficient (Wildman–Crippen LogP) is 0.960. The van der Waals surface area contributed by atoms with Crippen LogP contribution >= 0.6 is 0 Å². The third-order valence-corrected chi connectivity index (χ3v) is 0.187. The van der Waals surface area contributed by atoms with Crippen molar-refractivity contribution in [3.63, 3.8) is 0 Å². The molecular formula is C2H5N2O-. The van der Waals surface area contributed by atoms with Gasteiger partial charge in [-0.05, 0) is 6.92 Å². The molecule has 0 spiro atoms. The third-order valence-electron chi connectivity index (χ3n) is 0.187. The predicted molar refractivity (Wildman–Crippen MR) is 17.4 cm³/mol. The molecule has 0 aliphatic heterocycles. The van der Waals surface area contributed by atoms with Gasteiger partial charge in [0, 0.05) is 0 Å². The first-order valence-electron chi connectivity index (χ1n) is 1.38. The largest absolute Gasteiger partial charge is 0.670 e. The smallest absolute Gasteiger partial charge is 0.112 e. The monoisotopic (exact) mass is 73.0 g/mol. The van der Waals surface area contributed by atoms with Crippen LogP contribution in [-0.2, 0) is 4.84 Å². The first-order valence-corrected chi connectivity index (χ1v) is 1.38. The van der Waals surface area contributed by atoms with E-state index >= 15 is 0 Å². The molecule has 0 fully saturated rings. The van der Waals surface area contributed by atoms with Gasteiger partial charge >= 0.3 is 0 Å². The third kappa shape index (κ3) is 3.40. The van der Waals surface area contributed by atoms with Crippen LogP contribution in [0.2, 0.25) is 0 Å². The number of rotatable bonds is 2. The molecule has 30 valence electrons. The highest BCUT2D eigenvalue weighted by Gasteiger charge is 1.53. The van der Waals surface area contributed by atoms with Crippen molar-refractivity contribution in [1.29, 1.82) is 0 Å². The van der Waals surface area contributed by atoms with E-state index in [0.29, 0.717) is 6.61 Å². The Balaban J connectivity index is 2.40. The molecule has 0 saturated heterocycles. The van der Waals surface area contributed by atoms with Crippen molar-refractivity contribution in [3.8, 4) is 0 Å². The van der Waals surface area contributed by atoms with E-state index in [1.807, 2.05) is 0 Å². The van der Waals surface area contributed by atoms with Crippen molar-refractivity contribution in [2.45, 2.75) is 6.92 Å². The first-order chi connectivity index (χ1) is 2.41. The molecule has 0 aliphatic rings. The highest BCUT2D eigenvalue weighted by molar-refractivity contribution is 4.01. The lowest BCUT2D eigenvalue weighted by Gasteiger charge is -1.89. The summed E-state index contributed by atoms with van der Waals surface area (Å²) in [6, 6.07) is 0. The topological polar surface area (TPSA) is 43.9 Å². The van der Waals surface area contributed by atoms with E-state index in [4.69, 9.17) is 5.53 Å². The van der Waals surface area contributed by atoms with Crippen LogP contribution in [0.4, 0.5) is 0 Å². The second kappa shape index (κ2) is 3.40. The van der Waals surface area contributed by atoms with Crippen molar-refractivity contribution >= 4 is 0 Å². The van der Waals surface area contributed by atoms with Gasteiger partial charge in [-0.15, -0.1) is 0 Å². The molecule has 3 heteroatoms. The van der Waals surface area contributed by atoms with Gasteiger partial charge in [-0.1, -0.05) is 0 Å². The normalized spacial score (nSPS) is 6.60. The Hall–Kier alpha value is -0.600. The number of nitrogens with zero attached hydrogens (tertiary/aromatic N) is 2. The second-order valence-corrected chi connectivity index (χ2v) is 0.499. The van der Waals surface area contributed by atoms with Crippen molar-refractivity contribution in [2.75, 3.05) is 6.61 Å². The molecule has 0 aliphatic carbocycles. The van der Waals surface area contributed by atoms with Crippen molar-refractivity contribution in [3.05, 3.63) is 5.53 Å². The standard InChI is InChI=1S/C2H5N2O/c1-2-5-4-3/h2H2,1H3/q-1. The van der Waals surface area contributed by atoms with Crippen LogP contribution in [0.25, 0.3) is 5.53 Å². The molecule has 0 amide bonds. The fraction of sp³-hybridized carbons (Fsp3) is 1.00. The average molecular weight is 73.1 g/mol. The lowest BCUT2D eigenvalue weighted by molar-refractivity contribution is 0.154. The van der Waals surface area contributed by atoms with E-state index in [9.17, 15) is 0 Å². The quantitative estimate of drug-likeness (QED) is 0.354. The fourth-order valence-electron chi connectivity index (χ4n) is 0.0577. The zero-order chi connectivity index (χ0) is 4.12. The zero-order valence-corrected chi connectivity index (χ0v) is 3.01. The van der Waals surface area contributed by atoms with Crippen LogP contribution in [-0.4, -0.2) is 6.61 Å². The maximum Gasteiger partial charge on any atom is 0.112 e. The second-order valence-electron chi connectivity index (χ2n) is 0.499. The molecule has 0 rings (SSSR count). The molecule has 0 radical (unpaired) electrons. The number of hydrogen-bond donors (Lipinski definition) is 0. The summed E-state index contributed by atoms with van der Waals surface area (Å²) in [6.45, 7) is 2.16. The van der Waals surface area contributed by atoms with E-state index < -0.39 is 0 Å². The maximum absolute atomic E-state index is 7.47. The summed E-state index contributed by atoms with van der Waals surface area (Å²) in [5.74, 6) is 0. The van der Waals surface area contributed by atoms with Gasteiger partial charge in [-0.3, -0.25) is 0 Å².